The van der Waals surface area contributed by atoms with Gasteiger partial charge in [-0.05, 0) is 48.9 Å². The number of halogens is 2. The molecule has 5 heteroatoms. The molecule has 0 aliphatic heterocycles. The molecule has 0 aliphatic rings. The molecule has 0 saturated heterocycles. The van der Waals surface area contributed by atoms with Crippen LogP contribution in [0.25, 0.3) is 0 Å². The number of hydrogen-bond donors (Lipinski definition) is 2. The van der Waals surface area contributed by atoms with Crippen LogP contribution >= 0.6 is 11.6 Å². The van der Waals surface area contributed by atoms with Crippen molar-refractivity contribution in [1.29, 1.82) is 0 Å². The molecule has 0 spiro atoms. The van der Waals surface area contributed by atoms with E-state index in [4.69, 9.17) is 16.3 Å². The van der Waals surface area contributed by atoms with Crippen molar-refractivity contribution in [2.75, 3.05) is 11.9 Å². The average Bonchev–Trinajstić information content (AvgIpc) is 2.45. The Morgan fingerprint density at radius 3 is 2.71 bits per heavy atom. The minimum atomic E-state index is -0.359. The van der Waals surface area contributed by atoms with E-state index in [-0.39, 0.29) is 12.4 Å². The van der Waals surface area contributed by atoms with Crippen molar-refractivity contribution in [3.63, 3.8) is 0 Å². The highest BCUT2D eigenvalue weighted by Crippen LogP contribution is 2.24. The lowest BCUT2D eigenvalue weighted by atomic mass is 10.1. The summed E-state index contributed by atoms with van der Waals surface area (Å²) in [5.74, 6) is 0.307. The Balaban J connectivity index is 2.09. The Kier molecular flexibility index (Phi) is 5.42. The predicted octanol–water partition coefficient (Wildman–Crippen LogP) is 3.98. The molecular formula is C16H17ClFNO2. The summed E-state index contributed by atoms with van der Waals surface area (Å²) in [5.41, 5.74) is 2.28. The fourth-order valence-electron chi connectivity index (χ4n) is 2.03. The van der Waals surface area contributed by atoms with Gasteiger partial charge in [0.15, 0.2) is 0 Å². The van der Waals surface area contributed by atoms with Gasteiger partial charge in [0.1, 0.15) is 11.6 Å². The first-order valence-corrected chi connectivity index (χ1v) is 7.05. The van der Waals surface area contributed by atoms with Gasteiger partial charge < -0.3 is 15.2 Å². The van der Waals surface area contributed by atoms with E-state index < -0.39 is 0 Å². The second-order valence-corrected chi connectivity index (χ2v) is 4.98. The predicted molar refractivity (Wildman–Crippen MR) is 82.3 cm³/mol. The topological polar surface area (TPSA) is 41.5 Å². The van der Waals surface area contributed by atoms with E-state index in [1.807, 2.05) is 19.1 Å². The number of aliphatic hydroxyl groups excluding tert-OH is 1. The van der Waals surface area contributed by atoms with E-state index >= 15 is 0 Å². The van der Waals surface area contributed by atoms with Crippen LogP contribution in [0.15, 0.2) is 36.4 Å². The summed E-state index contributed by atoms with van der Waals surface area (Å²) in [4.78, 5) is 0. The first-order chi connectivity index (χ1) is 10.1. The van der Waals surface area contributed by atoms with Crippen molar-refractivity contribution in [2.45, 2.75) is 20.1 Å². The van der Waals surface area contributed by atoms with E-state index in [1.54, 1.807) is 12.1 Å². The van der Waals surface area contributed by atoms with Crippen molar-refractivity contribution in [3.8, 4) is 5.75 Å². The summed E-state index contributed by atoms with van der Waals surface area (Å²) in [5, 5.41) is 12.9. The second kappa shape index (κ2) is 7.29. The van der Waals surface area contributed by atoms with Crippen molar-refractivity contribution >= 4 is 17.3 Å². The number of aliphatic hydroxyl groups is 1. The van der Waals surface area contributed by atoms with Gasteiger partial charge in [0.2, 0.25) is 0 Å². The highest BCUT2D eigenvalue weighted by molar-refractivity contribution is 6.30. The van der Waals surface area contributed by atoms with Crippen molar-refractivity contribution in [2.24, 2.45) is 0 Å². The maximum atomic E-state index is 13.2. The molecule has 2 N–H and O–H groups in total. The summed E-state index contributed by atoms with van der Waals surface area (Å²) in [6.07, 6.45) is 0. The zero-order chi connectivity index (χ0) is 15.2. The molecule has 0 aromatic heterocycles. The highest BCUT2D eigenvalue weighted by atomic mass is 35.5. The van der Waals surface area contributed by atoms with E-state index in [1.165, 1.54) is 12.1 Å². The lowest BCUT2D eigenvalue weighted by Crippen LogP contribution is -2.02. The van der Waals surface area contributed by atoms with E-state index in [0.717, 1.165) is 11.3 Å². The van der Waals surface area contributed by atoms with Gasteiger partial charge in [-0.2, -0.15) is 0 Å². The number of benzene rings is 2. The lowest BCUT2D eigenvalue weighted by Gasteiger charge is -2.12. The maximum absolute atomic E-state index is 13.2. The van der Waals surface area contributed by atoms with Crippen molar-refractivity contribution < 1.29 is 14.2 Å². The van der Waals surface area contributed by atoms with Gasteiger partial charge in [0.05, 0.1) is 13.2 Å². The number of rotatable bonds is 6. The van der Waals surface area contributed by atoms with Crippen LogP contribution in [-0.2, 0) is 13.2 Å². The zero-order valence-corrected chi connectivity index (χ0v) is 12.5. The Labute approximate surface area is 128 Å². The molecule has 0 amide bonds. The van der Waals surface area contributed by atoms with Crippen LogP contribution in [0.5, 0.6) is 5.75 Å². The highest BCUT2D eigenvalue weighted by Gasteiger charge is 2.05. The molecular weight excluding hydrogens is 293 g/mol. The van der Waals surface area contributed by atoms with Crippen molar-refractivity contribution in [1.82, 2.24) is 0 Å². The summed E-state index contributed by atoms with van der Waals surface area (Å²) in [7, 11) is 0. The molecule has 2 rings (SSSR count). The summed E-state index contributed by atoms with van der Waals surface area (Å²) < 4.78 is 18.7. The monoisotopic (exact) mass is 309 g/mol. The van der Waals surface area contributed by atoms with Crippen LogP contribution in [-0.4, -0.2) is 11.7 Å². The Hall–Kier alpha value is -1.78. The molecule has 0 aliphatic carbocycles. The number of ether oxygens (including phenoxy) is 1. The minimum Gasteiger partial charge on any atom is -0.494 e. The molecule has 0 saturated carbocycles. The quantitative estimate of drug-likeness (QED) is 0.848. The first-order valence-electron chi connectivity index (χ1n) is 6.67. The van der Waals surface area contributed by atoms with Gasteiger partial charge in [-0.3, -0.25) is 0 Å². The number of anilines is 1. The van der Waals surface area contributed by atoms with E-state index in [2.05, 4.69) is 5.32 Å². The molecule has 3 nitrogen and oxygen atoms in total. The van der Waals surface area contributed by atoms with E-state index in [9.17, 15) is 9.50 Å². The number of nitrogens with one attached hydrogen (secondary N) is 1. The van der Waals surface area contributed by atoms with Crippen LogP contribution in [0.1, 0.15) is 18.1 Å². The van der Waals surface area contributed by atoms with Gasteiger partial charge in [0, 0.05) is 22.8 Å². The van der Waals surface area contributed by atoms with Crippen LogP contribution in [0.2, 0.25) is 5.02 Å². The van der Waals surface area contributed by atoms with Crippen LogP contribution < -0.4 is 10.1 Å². The molecule has 0 unspecified atom stereocenters. The molecule has 0 atom stereocenters. The normalized spacial score (nSPS) is 10.5. The maximum Gasteiger partial charge on any atom is 0.125 e. The van der Waals surface area contributed by atoms with E-state index in [0.29, 0.717) is 29.5 Å². The van der Waals surface area contributed by atoms with Crippen LogP contribution in [0.3, 0.4) is 0 Å². The zero-order valence-electron chi connectivity index (χ0n) is 11.7. The fraction of sp³-hybridized carbons (Fsp3) is 0.250. The van der Waals surface area contributed by atoms with Gasteiger partial charge in [-0.1, -0.05) is 11.6 Å². The molecule has 112 valence electrons. The van der Waals surface area contributed by atoms with Crippen LogP contribution in [0.4, 0.5) is 10.1 Å². The summed E-state index contributed by atoms with van der Waals surface area (Å²) in [6.45, 7) is 2.77. The molecule has 0 heterocycles. The molecule has 21 heavy (non-hydrogen) atoms. The Morgan fingerprint density at radius 2 is 2.05 bits per heavy atom. The molecule has 2 aromatic rings. The standard InChI is InChI=1S/C16H17ClFNO2/c1-2-21-16-4-3-15(7-12(16)10-20)19-9-11-5-13(17)8-14(18)6-11/h3-8,19-20H,2,9-10H2,1H3. The third kappa shape index (κ3) is 4.34. The summed E-state index contributed by atoms with van der Waals surface area (Å²) >= 11 is 5.82. The minimum absolute atomic E-state index is 0.101. The fourth-order valence-corrected chi connectivity index (χ4v) is 2.27. The molecule has 0 fully saturated rings. The number of hydrogen-bond acceptors (Lipinski definition) is 3. The third-order valence-corrected chi connectivity index (χ3v) is 3.17. The third-order valence-electron chi connectivity index (χ3n) is 2.95. The Bertz CT molecular complexity index is 599. The first kappa shape index (κ1) is 15.6. The Morgan fingerprint density at radius 1 is 1.24 bits per heavy atom. The van der Waals surface area contributed by atoms with Crippen molar-refractivity contribution in [3.05, 3.63) is 58.4 Å². The van der Waals surface area contributed by atoms with Gasteiger partial charge in [-0.25, -0.2) is 4.39 Å². The van der Waals surface area contributed by atoms with Crippen LogP contribution in [0, 0.1) is 5.82 Å². The largest absolute Gasteiger partial charge is 0.494 e. The smallest absolute Gasteiger partial charge is 0.125 e. The second-order valence-electron chi connectivity index (χ2n) is 4.54. The summed E-state index contributed by atoms with van der Waals surface area (Å²) in [6, 6.07) is 9.87. The van der Waals surface area contributed by atoms with Gasteiger partial charge in [0.25, 0.3) is 0 Å². The van der Waals surface area contributed by atoms with Gasteiger partial charge in [-0.15, -0.1) is 0 Å². The molecule has 0 radical (unpaired) electrons. The van der Waals surface area contributed by atoms with Gasteiger partial charge >= 0.3 is 0 Å². The lowest BCUT2D eigenvalue weighted by molar-refractivity contribution is 0.267. The SMILES string of the molecule is CCOc1ccc(NCc2cc(F)cc(Cl)c2)cc1CO. The average molecular weight is 310 g/mol. The molecule has 0 bridgehead atoms. The molecule has 2 aromatic carbocycles.